The van der Waals surface area contributed by atoms with Gasteiger partial charge in [0.05, 0.1) is 4.90 Å². The molecular formula is C14H21ClN2O3S. The second-order valence-electron chi connectivity index (χ2n) is 6.34. The smallest absolute Gasteiger partial charge is 0.253 e. The van der Waals surface area contributed by atoms with E-state index in [1.54, 1.807) is 18.9 Å². The number of nitrogens with zero attached hydrogens (tertiary/aromatic N) is 1. The summed E-state index contributed by atoms with van der Waals surface area (Å²) in [7, 11) is -2.26. The molecule has 0 unspecified atom stereocenters. The molecule has 0 aliphatic carbocycles. The Labute approximate surface area is 131 Å². The first-order valence-electron chi connectivity index (χ1n) is 6.41. The SMILES string of the molecule is Cc1c(C(=O)N(C)CC(C)(C)C)cc(Cl)cc1S(N)(=O)=O. The van der Waals surface area contributed by atoms with Crippen LogP contribution in [0.15, 0.2) is 17.0 Å². The summed E-state index contributed by atoms with van der Waals surface area (Å²) in [6.45, 7) is 8.11. The molecular weight excluding hydrogens is 312 g/mol. The molecule has 1 rings (SSSR count). The number of primary sulfonamides is 1. The lowest BCUT2D eigenvalue weighted by Crippen LogP contribution is -2.35. The van der Waals surface area contributed by atoms with Gasteiger partial charge in [0.1, 0.15) is 0 Å². The van der Waals surface area contributed by atoms with Gasteiger partial charge in [-0.15, -0.1) is 0 Å². The van der Waals surface area contributed by atoms with Crippen LogP contribution >= 0.6 is 11.6 Å². The van der Waals surface area contributed by atoms with Crippen molar-refractivity contribution < 1.29 is 13.2 Å². The lowest BCUT2D eigenvalue weighted by Gasteiger charge is -2.27. The monoisotopic (exact) mass is 332 g/mol. The fourth-order valence-corrected chi connectivity index (χ4v) is 3.27. The molecule has 1 aromatic carbocycles. The number of rotatable bonds is 3. The zero-order valence-electron chi connectivity index (χ0n) is 12.9. The van der Waals surface area contributed by atoms with Crippen LogP contribution in [0.3, 0.4) is 0 Å². The first-order chi connectivity index (χ1) is 9.33. The molecule has 0 bridgehead atoms. The molecule has 2 N–H and O–H groups in total. The van der Waals surface area contributed by atoms with E-state index in [0.717, 1.165) is 0 Å². The second kappa shape index (κ2) is 5.94. The van der Waals surface area contributed by atoms with Crippen molar-refractivity contribution in [2.24, 2.45) is 10.6 Å². The lowest BCUT2D eigenvalue weighted by atomic mass is 9.95. The van der Waals surface area contributed by atoms with Gasteiger partial charge in [-0.2, -0.15) is 0 Å². The Morgan fingerprint density at radius 2 is 1.86 bits per heavy atom. The van der Waals surface area contributed by atoms with E-state index >= 15 is 0 Å². The van der Waals surface area contributed by atoms with Crippen molar-refractivity contribution in [1.29, 1.82) is 0 Å². The van der Waals surface area contributed by atoms with E-state index in [0.29, 0.717) is 12.1 Å². The highest BCUT2D eigenvalue weighted by atomic mass is 35.5. The molecule has 0 aliphatic rings. The minimum atomic E-state index is -3.93. The van der Waals surface area contributed by atoms with Gasteiger partial charge in [0.25, 0.3) is 5.91 Å². The first-order valence-corrected chi connectivity index (χ1v) is 8.34. The summed E-state index contributed by atoms with van der Waals surface area (Å²) in [6.07, 6.45) is 0. The van der Waals surface area contributed by atoms with E-state index in [9.17, 15) is 13.2 Å². The molecule has 0 heterocycles. The maximum absolute atomic E-state index is 12.5. The Bertz CT molecular complexity index is 664. The van der Waals surface area contributed by atoms with Crippen LogP contribution in [0, 0.1) is 12.3 Å². The average Bonchev–Trinajstić information content (AvgIpc) is 2.27. The van der Waals surface area contributed by atoms with Crippen molar-refractivity contribution >= 4 is 27.5 Å². The van der Waals surface area contributed by atoms with Gasteiger partial charge in [0.2, 0.25) is 10.0 Å². The molecule has 0 atom stereocenters. The topological polar surface area (TPSA) is 80.5 Å². The minimum absolute atomic E-state index is 0.0698. The predicted molar refractivity (Wildman–Crippen MR) is 84.0 cm³/mol. The van der Waals surface area contributed by atoms with Crippen molar-refractivity contribution in [3.05, 3.63) is 28.3 Å². The van der Waals surface area contributed by atoms with E-state index in [1.807, 2.05) is 20.8 Å². The average molecular weight is 333 g/mol. The second-order valence-corrected chi connectivity index (χ2v) is 8.31. The molecule has 0 radical (unpaired) electrons. The quantitative estimate of drug-likeness (QED) is 0.923. The molecule has 0 fully saturated rings. The standard InChI is InChI=1S/C14H21ClN2O3S/c1-9-11(13(18)17(5)8-14(2,3)4)6-10(15)7-12(9)21(16,19)20/h6-7H,8H2,1-5H3,(H2,16,19,20). The van der Waals surface area contributed by atoms with Gasteiger partial charge in [-0.25, -0.2) is 13.6 Å². The van der Waals surface area contributed by atoms with Crippen molar-refractivity contribution in [1.82, 2.24) is 4.90 Å². The number of amides is 1. The predicted octanol–water partition coefficient (Wildman–Crippen LogP) is 2.41. The highest BCUT2D eigenvalue weighted by molar-refractivity contribution is 7.89. The highest BCUT2D eigenvalue weighted by Crippen LogP contribution is 2.25. The van der Waals surface area contributed by atoms with Crippen LogP contribution in [0.5, 0.6) is 0 Å². The highest BCUT2D eigenvalue weighted by Gasteiger charge is 2.24. The van der Waals surface area contributed by atoms with Gasteiger partial charge in [0.15, 0.2) is 0 Å². The molecule has 21 heavy (non-hydrogen) atoms. The van der Waals surface area contributed by atoms with Crippen molar-refractivity contribution in [2.75, 3.05) is 13.6 Å². The summed E-state index contributed by atoms with van der Waals surface area (Å²) < 4.78 is 23.1. The number of hydrogen-bond acceptors (Lipinski definition) is 3. The largest absolute Gasteiger partial charge is 0.341 e. The van der Waals surface area contributed by atoms with Crippen LogP contribution in [-0.2, 0) is 10.0 Å². The number of carbonyl (C=O) groups is 1. The van der Waals surface area contributed by atoms with Gasteiger partial charge in [0, 0.05) is 24.2 Å². The summed E-state index contributed by atoms with van der Waals surface area (Å²) in [5.41, 5.74) is 0.491. The third-order valence-corrected chi connectivity index (χ3v) is 4.18. The van der Waals surface area contributed by atoms with E-state index in [-0.39, 0.29) is 26.8 Å². The lowest BCUT2D eigenvalue weighted by molar-refractivity contribution is 0.0744. The Kier molecular flexibility index (Phi) is 5.08. The number of benzene rings is 1. The van der Waals surface area contributed by atoms with Crippen LogP contribution in [0.25, 0.3) is 0 Å². The van der Waals surface area contributed by atoms with Crippen molar-refractivity contribution in [3.63, 3.8) is 0 Å². The molecule has 0 saturated heterocycles. The van der Waals surface area contributed by atoms with Crippen molar-refractivity contribution in [2.45, 2.75) is 32.6 Å². The van der Waals surface area contributed by atoms with Gasteiger partial charge >= 0.3 is 0 Å². The van der Waals surface area contributed by atoms with Gasteiger partial charge < -0.3 is 4.90 Å². The molecule has 1 amide bonds. The molecule has 0 aromatic heterocycles. The zero-order valence-corrected chi connectivity index (χ0v) is 14.5. The van der Waals surface area contributed by atoms with E-state index in [4.69, 9.17) is 16.7 Å². The number of carbonyl (C=O) groups excluding carboxylic acids is 1. The Morgan fingerprint density at radius 3 is 2.29 bits per heavy atom. The summed E-state index contributed by atoms with van der Waals surface area (Å²) >= 11 is 5.92. The molecule has 0 saturated carbocycles. The van der Waals surface area contributed by atoms with Gasteiger partial charge in [-0.05, 0) is 30.0 Å². The Balaban J connectivity index is 3.32. The minimum Gasteiger partial charge on any atom is -0.341 e. The summed E-state index contributed by atoms with van der Waals surface area (Å²) in [5, 5.41) is 5.33. The number of sulfonamides is 1. The normalized spacial score (nSPS) is 12.3. The van der Waals surface area contributed by atoms with Crippen LogP contribution in [0.2, 0.25) is 5.02 Å². The third-order valence-electron chi connectivity index (χ3n) is 2.92. The Hall–Kier alpha value is -1.11. The van der Waals surface area contributed by atoms with Gasteiger partial charge in [-0.3, -0.25) is 4.79 Å². The molecule has 1 aromatic rings. The van der Waals surface area contributed by atoms with E-state index in [2.05, 4.69) is 0 Å². The molecule has 0 aliphatic heterocycles. The zero-order chi connectivity index (χ0) is 16.6. The fourth-order valence-electron chi connectivity index (χ4n) is 2.16. The van der Waals surface area contributed by atoms with Crippen molar-refractivity contribution in [3.8, 4) is 0 Å². The Morgan fingerprint density at radius 1 is 1.33 bits per heavy atom. The summed E-state index contributed by atoms with van der Waals surface area (Å²) in [4.78, 5) is 13.9. The van der Waals surface area contributed by atoms with Crippen LogP contribution in [0.4, 0.5) is 0 Å². The number of hydrogen-bond donors (Lipinski definition) is 1. The maximum Gasteiger partial charge on any atom is 0.253 e. The third kappa shape index (κ3) is 4.69. The van der Waals surface area contributed by atoms with Crippen LogP contribution < -0.4 is 5.14 Å². The molecule has 0 spiro atoms. The van der Waals surface area contributed by atoms with Gasteiger partial charge in [-0.1, -0.05) is 32.4 Å². The fraction of sp³-hybridized carbons (Fsp3) is 0.500. The molecule has 5 nitrogen and oxygen atoms in total. The maximum atomic E-state index is 12.5. The van der Waals surface area contributed by atoms with Crippen LogP contribution in [-0.4, -0.2) is 32.8 Å². The molecule has 118 valence electrons. The van der Waals surface area contributed by atoms with E-state index < -0.39 is 10.0 Å². The molecule has 7 heteroatoms. The first kappa shape index (κ1) is 17.9. The van der Waals surface area contributed by atoms with Crippen LogP contribution in [0.1, 0.15) is 36.7 Å². The number of nitrogens with two attached hydrogens (primary N) is 1. The van der Waals surface area contributed by atoms with E-state index in [1.165, 1.54) is 12.1 Å². The summed E-state index contributed by atoms with van der Waals surface area (Å²) in [6, 6.07) is 2.72. The summed E-state index contributed by atoms with van der Waals surface area (Å²) in [5.74, 6) is -0.283. The number of halogens is 1.